The van der Waals surface area contributed by atoms with Crippen molar-refractivity contribution < 1.29 is 27.5 Å². The van der Waals surface area contributed by atoms with Gasteiger partial charge in [0.25, 0.3) is 5.91 Å². The van der Waals surface area contributed by atoms with Crippen molar-refractivity contribution in [3.63, 3.8) is 0 Å². The Morgan fingerprint density at radius 1 is 1.11 bits per heavy atom. The van der Waals surface area contributed by atoms with Gasteiger partial charge in [-0.15, -0.1) is 11.3 Å². The first-order chi connectivity index (χ1) is 13.4. The number of thiophene rings is 1. The van der Waals surface area contributed by atoms with Crippen molar-refractivity contribution in [2.24, 2.45) is 0 Å². The van der Waals surface area contributed by atoms with Gasteiger partial charge in [-0.3, -0.25) is 4.79 Å². The fourth-order valence-corrected chi connectivity index (χ4v) is 4.11. The van der Waals surface area contributed by atoms with Gasteiger partial charge in [0.05, 0.1) is 18.6 Å². The second-order valence-electron chi connectivity index (χ2n) is 5.62. The lowest BCUT2D eigenvalue weighted by Gasteiger charge is -2.08. The van der Waals surface area contributed by atoms with Crippen LogP contribution in [0.4, 0.5) is 4.79 Å². The zero-order valence-electron chi connectivity index (χ0n) is 15.6. The van der Waals surface area contributed by atoms with Crippen molar-refractivity contribution in [2.75, 3.05) is 26.1 Å². The lowest BCUT2D eigenvalue weighted by molar-refractivity contribution is 0.0955. The molecular weight excluding hydrogens is 404 g/mol. The number of amides is 2. The molecule has 2 N–H and O–H groups in total. The minimum atomic E-state index is -3.66. The third kappa shape index (κ3) is 5.96. The summed E-state index contributed by atoms with van der Waals surface area (Å²) in [7, 11) is -2.15. The predicted molar refractivity (Wildman–Crippen MR) is 106 cm³/mol. The molecule has 0 saturated carbocycles. The van der Waals surface area contributed by atoms with Gasteiger partial charge in [-0.2, -0.15) is 0 Å². The van der Waals surface area contributed by atoms with Crippen LogP contribution in [0.3, 0.4) is 0 Å². The van der Waals surface area contributed by atoms with Gasteiger partial charge in [-0.05, 0) is 42.5 Å². The van der Waals surface area contributed by atoms with Gasteiger partial charge in [-0.1, -0.05) is 12.1 Å². The summed E-state index contributed by atoms with van der Waals surface area (Å²) in [6, 6.07) is 8.03. The maximum atomic E-state index is 12.2. The van der Waals surface area contributed by atoms with Crippen LogP contribution < -0.4 is 15.4 Å². The van der Waals surface area contributed by atoms with Crippen LogP contribution in [-0.2, 0) is 21.0 Å². The molecule has 0 atom stereocenters. The van der Waals surface area contributed by atoms with Crippen LogP contribution in [0.1, 0.15) is 22.2 Å². The molecule has 10 heteroatoms. The van der Waals surface area contributed by atoms with Crippen LogP contribution in [0.5, 0.6) is 5.75 Å². The Morgan fingerprint density at radius 3 is 2.46 bits per heavy atom. The van der Waals surface area contributed by atoms with E-state index >= 15 is 0 Å². The Morgan fingerprint density at radius 2 is 1.82 bits per heavy atom. The third-order valence-corrected chi connectivity index (χ3v) is 6.13. The first-order valence-electron chi connectivity index (χ1n) is 8.49. The van der Waals surface area contributed by atoms with E-state index in [-0.39, 0.29) is 17.4 Å². The molecule has 0 radical (unpaired) electrons. The van der Waals surface area contributed by atoms with Crippen molar-refractivity contribution in [3.8, 4) is 5.75 Å². The second kappa shape index (κ2) is 10.1. The Labute approximate surface area is 167 Å². The number of ether oxygens (including phenoxy) is 2. The maximum Gasteiger partial charge on any atom is 0.407 e. The third-order valence-electron chi connectivity index (χ3n) is 3.72. The summed E-state index contributed by atoms with van der Waals surface area (Å²) in [4.78, 5) is 24.0. The van der Waals surface area contributed by atoms with E-state index in [2.05, 4.69) is 15.4 Å². The lowest BCUT2D eigenvalue weighted by atomic mass is 10.1. The summed E-state index contributed by atoms with van der Waals surface area (Å²) < 4.78 is 34.2. The van der Waals surface area contributed by atoms with E-state index in [0.29, 0.717) is 23.6 Å². The zero-order chi connectivity index (χ0) is 20.6. The van der Waals surface area contributed by atoms with E-state index in [1.165, 1.54) is 30.6 Å². The van der Waals surface area contributed by atoms with E-state index in [1.54, 1.807) is 30.5 Å². The van der Waals surface area contributed by atoms with E-state index in [1.807, 2.05) is 0 Å². The minimum absolute atomic E-state index is 0.0976. The highest BCUT2D eigenvalue weighted by molar-refractivity contribution is 7.91. The molecule has 1 heterocycles. The number of rotatable bonds is 9. The number of carbonyl (C=O) groups excluding carboxylic acids is 2. The maximum absolute atomic E-state index is 12.2. The van der Waals surface area contributed by atoms with Gasteiger partial charge in [0.15, 0.2) is 9.84 Å². The van der Waals surface area contributed by atoms with Crippen LogP contribution in [-0.4, -0.2) is 46.6 Å². The molecule has 0 bridgehead atoms. The smallest absolute Gasteiger partial charge is 0.407 e. The molecule has 152 valence electrons. The normalized spacial score (nSPS) is 10.9. The monoisotopic (exact) mass is 426 g/mol. The molecule has 8 nitrogen and oxygen atoms in total. The van der Waals surface area contributed by atoms with Crippen molar-refractivity contribution in [3.05, 3.63) is 46.2 Å². The van der Waals surface area contributed by atoms with Crippen LogP contribution in [0.15, 0.2) is 40.6 Å². The number of nitrogens with one attached hydrogen (secondary N) is 2. The number of carbonyl (C=O) groups is 2. The van der Waals surface area contributed by atoms with Crippen LogP contribution in [0.25, 0.3) is 0 Å². The molecule has 28 heavy (non-hydrogen) atoms. The van der Waals surface area contributed by atoms with Crippen LogP contribution >= 0.6 is 11.3 Å². The van der Waals surface area contributed by atoms with E-state index in [4.69, 9.17) is 4.74 Å². The molecule has 0 spiro atoms. The molecule has 2 rings (SSSR count). The molecule has 0 aliphatic carbocycles. The Hall–Kier alpha value is -2.59. The average Bonchev–Trinajstić information content (AvgIpc) is 3.16. The summed E-state index contributed by atoms with van der Waals surface area (Å²) in [6.07, 6.45) is -0.235. The Balaban J connectivity index is 1.87. The first-order valence-corrected chi connectivity index (χ1v) is 11.0. The molecular formula is C18H22N2O6S2. The number of hydrogen-bond donors (Lipinski definition) is 2. The standard InChI is InChI=1S/C18H22N2O6S2/c1-3-26-18(22)20-12-28(23,24)14-6-4-13(5-7-14)8-10-19-17(21)16-15(25-2)9-11-27-16/h4-7,9,11H,3,8,10,12H2,1-2H3,(H,19,21)(H,20,22). The van der Waals surface area contributed by atoms with Gasteiger partial charge in [0, 0.05) is 6.54 Å². The van der Waals surface area contributed by atoms with Gasteiger partial charge in [-0.25, -0.2) is 13.2 Å². The molecule has 1 aromatic heterocycles. The quantitative estimate of drug-likeness (QED) is 0.636. The minimum Gasteiger partial charge on any atom is -0.495 e. The summed E-state index contributed by atoms with van der Waals surface area (Å²) in [5, 5.41) is 6.79. The molecule has 0 aliphatic heterocycles. The van der Waals surface area contributed by atoms with Crippen LogP contribution in [0, 0.1) is 0 Å². The van der Waals surface area contributed by atoms with E-state index < -0.39 is 21.8 Å². The lowest BCUT2D eigenvalue weighted by Crippen LogP contribution is -2.30. The topological polar surface area (TPSA) is 111 Å². The van der Waals surface area contributed by atoms with Gasteiger partial charge in [0.1, 0.15) is 16.5 Å². The number of alkyl carbamates (subject to hydrolysis) is 1. The number of hydrogen-bond acceptors (Lipinski definition) is 7. The first kappa shape index (κ1) is 21.7. The molecule has 2 amide bonds. The Bertz CT molecular complexity index is 906. The second-order valence-corrected chi connectivity index (χ2v) is 8.53. The Kier molecular flexibility index (Phi) is 7.82. The number of methoxy groups -OCH3 is 1. The van der Waals surface area contributed by atoms with Gasteiger partial charge in [0.2, 0.25) is 0 Å². The van der Waals surface area contributed by atoms with Crippen LogP contribution in [0.2, 0.25) is 0 Å². The SMILES string of the molecule is CCOC(=O)NCS(=O)(=O)c1ccc(CCNC(=O)c2sccc2OC)cc1. The highest BCUT2D eigenvalue weighted by atomic mass is 32.2. The van der Waals surface area contributed by atoms with Crippen molar-refractivity contribution in [1.82, 2.24) is 10.6 Å². The molecule has 1 aromatic carbocycles. The molecule has 0 aliphatic rings. The predicted octanol–water partition coefficient (Wildman–Crippen LogP) is 2.21. The summed E-state index contributed by atoms with van der Waals surface area (Å²) in [6.45, 7) is 2.19. The fraction of sp³-hybridized carbons (Fsp3) is 0.333. The van der Waals surface area contributed by atoms with Crippen molar-refractivity contribution >= 4 is 33.2 Å². The number of benzene rings is 1. The fourth-order valence-electron chi connectivity index (χ4n) is 2.31. The molecule has 2 aromatic rings. The van der Waals surface area contributed by atoms with E-state index in [0.717, 1.165) is 5.56 Å². The summed E-state index contributed by atoms with van der Waals surface area (Å²) in [5.41, 5.74) is 0.871. The van der Waals surface area contributed by atoms with Gasteiger partial charge < -0.3 is 20.1 Å². The highest BCUT2D eigenvalue weighted by Crippen LogP contribution is 2.23. The zero-order valence-corrected chi connectivity index (χ0v) is 17.2. The highest BCUT2D eigenvalue weighted by Gasteiger charge is 2.16. The molecule has 0 unspecified atom stereocenters. The molecule has 0 saturated heterocycles. The van der Waals surface area contributed by atoms with E-state index in [9.17, 15) is 18.0 Å². The van der Waals surface area contributed by atoms with Gasteiger partial charge >= 0.3 is 6.09 Å². The number of sulfone groups is 1. The van der Waals surface area contributed by atoms with Crippen molar-refractivity contribution in [2.45, 2.75) is 18.2 Å². The largest absolute Gasteiger partial charge is 0.495 e. The summed E-state index contributed by atoms with van der Waals surface area (Å²) in [5.74, 6) is -0.214. The van der Waals surface area contributed by atoms with Crippen molar-refractivity contribution in [1.29, 1.82) is 0 Å². The average molecular weight is 427 g/mol. The molecule has 0 fully saturated rings. The summed E-state index contributed by atoms with van der Waals surface area (Å²) >= 11 is 1.30.